The first kappa shape index (κ1) is 18.0. The summed E-state index contributed by atoms with van der Waals surface area (Å²) in [6.45, 7) is 4.14. The second kappa shape index (κ2) is 8.05. The highest BCUT2D eigenvalue weighted by molar-refractivity contribution is 7.17. The highest BCUT2D eigenvalue weighted by atomic mass is 32.1. The van der Waals surface area contributed by atoms with Gasteiger partial charge in [-0.3, -0.25) is 4.79 Å². The lowest BCUT2D eigenvalue weighted by Gasteiger charge is -2.17. The Bertz CT molecular complexity index is 970. The lowest BCUT2D eigenvalue weighted by Crippen LogP contribution is -2.16. The zero-order valence-electron chi connectivity index (χ0n) is 14.6. The van der Waals surface area contributed by atoms with Gasteiger partial charge in [-0.25, -0.2) is 14.8 Å². The van der Waals surface area contributed by atoms with Gasteiger partial charge in [0.25, 0.3) is 5.56 Å². The highest BCUT2D eigenvalue weighted by Crippen LogP contribution is 2.26. The maximum atomic E-state index is 12.2. The van der Waals surface area contributed by atoms with Crippen LogP contribution in [0.5, 0.6) is 0 Å². The summed E-state index contributed by atoms with van der Waals surface area (Å²) in [5, 5.41) is 4.59. The van der Waals surface area contributed by atoms with Crippen LogP contribution in [-0.2, 0) is 4.74 Å². The third kappa shape index (κ3) is 3.88. The molecule has 0 bridgehead atoms. The van der Waals surface area contributed by atoms with E-state index in [4.69, 9.17) is 4.74 Å². The fourth-order valence-electron chi connectivity index (χ4n) is 2.52. The summed E-state index contributed by atoms with van der Waals surface area (Å²) in [5.41, 5.74) is 1.08. The van der Waals surface area contributed by atoms with Gasteiger partial charge in [-0.05, 0) is 49.7 Å². The minimum Gasteiger partial charge on any atom is -0.462 e. The van der Waals surface area contributed by atoms with E-state index in [0.717, 1.165) is 12.1 Å². The first-order valence-electron chi connectivity index (χ1n) is 8.41. The topological polar surface area (TPSA) is 81.2 Å². The van der Waals surface area contributed by atoms with Crippen molar-refractivity contribution in [2.24, 2.45) is 0 Å². The number of esters is 1. The fourth-order valence-corrected chi connectivity index (χ4v) is 3.60. The molecule has 134 valence electrons. The van der Waals surface area contributed by atoms with E-state index in [1.807, 2.05) is 19.1 Å². The summed E-state index contributed by atoms with van der Waals surface area (Å²) in [5.74, 6) is -0.341. The standard InChI is InChI=1S/C19H19N3O3S/c1-3-15(18-22-16(23)14-6-5-11-20-17(14)26-18)21-13-9-7-12(8-10-13)19(24)25-4-2/h5-11,15,21H,3-4H2,1-2H3. The Morgan fingerprint density at radius 2 is 2.00 bits per heavy atom. The average molecular weight is 369 g/mol. The molecule has 2 heterocycles. The third-order valence-corrected chi connectivity index (χ3v) is 4.96. The van der Waals surface area contributed by atoms with Crippen molar-refractivity contribution in [3.8, 4) is 0 Å². The molecule has 0 radical (unpaired) electrons. The van der Waals surface area contributed by atoms with Crippen LogP contribution in [0, 0.1) is 0 Å². The molecule has 0 aliphatic carbocycles. The van der Waals surface area contributed by atoms with E-state index in [1.54, 1.807) is 37.4 Å². The lowest BCUT2D eigenvalue weighted by atomic mass is 10.1. The maximum Gasteiger partial charge on any atom is 0.338 e. The number of aromatic nitrogens is 2. The number of carbonyl (C=O) groups excluding carboxylic acids is 1. The fraction of sp³-hybridized carbons (Fsp3) is 0.263. The molecule has 0 amide bonds. The number of hydrogen-bond acceptors (Lipinski definition) is 7. The number of nitrogens with one attached hydrogen (secondary N) is 1. The van der Waals surface area contributed by atoms with Crippen LogP contribution in [0.2, 0.25) is 0 Å². The van der Waals surface area contributed by atoms with Crippen LogP contribution in [-0.4, -0.2) is 22.5 Å². The molecule has 0 aliphatic heterocycles. The zero-order chi connectivity index (χ0) is 18.5. The van der Waals surface area contributed by atoms with Crippen LogP contribution in [0.25, 0.3) is 10.2 Å². The van der Waals surface area contributed by atoms with Crippen molar-refractivity contribution in [1.82, 2.24) is 9.97 Å². The van der Waals surface area contributed by atoms with Gasteiger partial charge in [-0.1, -0.05) is 18.3 Å². The molecule has 0 spiro atoms. The Labute approximate surface area is 154 Å². The van der Waals surface area contributed by atoms with E-state index in [-0.39, 0.29) is 17.6 Å². The van der Waals surface area contributed by atoms with E-state index < -0.39 is 0 Å². The molecule has 1 unspecified atom stereocenters. The Hall–Kier alpha value is -2.80. The number of nitrogens with zero attached hydrogens (tertiary/aromatic N) is 2. The normalized spacial score (nSPS) is 11.9. The van der Waals surface area contributed by atoms with E-state index in [0.29, 0.717) is 27.4 Å². The van der Waals surface area contributed by atoms with Crippen molar-refractivity contribution in [2.45, 2.75) is 26.3 Å². The van der Waals surface area contributed by atoms with Gasteiger partial charge >= 0.3 is 5.97 Å². The van der Waals surface area contributed by atoms with Gasteiger partial charge in [-0.15, -0.1) is 0 Å². The van der Waals surface area contributed by atoms with Crippen LogP contribution in [0.3, 0.4) is 0 Å². The van der Waals surface area contributed by atoms with Crippen LogP contribution in [0.1, 0.15) is 41.7 Å². The smallest absolute Gasteiger partial charge is 0.338 e. The number of ether oxygens (including phenoxy) is 1. The van der Waals surface area contributed by atoms with Crippen LogP contribution < -0.4 is 10.9 Å². The summed E-state index contributed by atoms with van der Waals surface area (Å²) in [6, 6.07) is 10.4. The van der Waals surface area contributed by atoms with Gasteiger partial charge < -0.3 is 10.1 Å². The SMILES string of the molecule is CCOC(=O)c1ccc(NC(CC)c2nc(=O)c3cccnc3s2)cc1. The molecule has 0 fully saturated rings. The zero-order valence-corrected chi connectivity index (χ0v) is 15.4. The summed E-state index contributed by atoms with van der Waals surface area (Å²) in [4.78, 5) is 33.1. The summed E-state index contributed by atoms with van der Waals surface area (Å²) in [6.07, 6.45) is 2.42. The molecule has 3 aromatic rings. The Morgan fingerprint density at radius 3 is 2.69 bits per heavy atom. The molecule has 0 saturated heterocycles. The predicted molar refractivity (Wildman–Crippen MR) is 103 cm³/mol. The van der Waals surface area contributed by atoms with Gasteiger partial charge in [-0.2, -0.15) is 0 Å². The maximum absolute atomic E-state index is 12.2. The summed E-state index contributed by atoms with van der Waals surface area (Å²) >= 11 is 1.41. The molecule has 0 aliphatic rings. The van der Waals surface area contributed by atoms with Gasteiger partial charge in [0.05, 0.1) is 23.6 Å². The number of hydrogen-bond donors (Lipinski definition) is 1. The van der Waals surface area contributed by atoms with E-state index >= 15 is 0 Å². The molecule has 7 heteroatoms. The molecule has 0 saturated carbocycles. The number of anilines is 1. The number of rotatable bonds is 6. The van der Waals surface area contributed by atoms with Crippen molar-refractivity contribution in [3.63, 3.8) is 0 Å². The minimum absolute atomic E-state index is 0.118. The summed E-state index contributed by atoms with van der Waals surface area (Å²) in [7, 11) is 0. The van der Waals surface area contributed by atoms with Crippen LogP contribution in [0.4, 0.5) is 5.69 Å². The second-order valence-corrected chi connectivity index (χ2v) is 6.63. The molecule has 1 atom stereocenters. The largest absolute Gasteiger partial charge is 0.462 e. The van der Waals surface area contributed by atoms with Gasteiger partial charge in [0.1, 0.15) is 9.84 Å². The van der Waals surface area contributed by atoms with Crippen molar-refractivity contribution in [1.29, 1.82) is 0 Å². The Balaban J connectivity index is 1.84. The predicted octanol–water partition coefficient (Wildman–Crippen LogP) is 3.79. The van der Waals surface area contributed by atoms with E-state index in [1.165, 1.54) is 11.3 Å². The lowest BCUT2D eigenvalue weighted by molar-refractivity contribution is 0.0526. The van der Waals surface area contributed by atoms with Crippen LogP contribution in [0.15, 0.2) is 47.4 Å². The first-order valence-corrected chi connectivity index (χ1v) is 9.23. The molecular weight excluding hydrogens is 350 g/mol. The Kier molecular flexibility index (Phi) is 5.58. The molecule has 6 nitrogen and oxygen atoms in total. The Morgan fingerprint density at radius 1 is 1.23 bits per heavy atom. The number of carbonyl (C=O) groups is 1. The van der Waals surface area contributed by atoms with E-state index in [2.05, 4.69) is 15.3 Å². The number of fused-ring (bicyclic) bond motifs is 1. The van der Waals surface area contributed by atoms with Crippen molar-refractivity contribution in [2.75, 3.05) is 11.9 Å². The third-order valence-electron chi connectivity index (χ3n) is 3.86. The van der Waals surface area contributed by atoms with Gasteiger partial charge in [0.15, 0.2) is 0 Å². The number of pyridine rings is 1. The van der Waals surface area contributed by atoms with Crippen molar-refractivity contribution >= 4 is 33.2 Å². The van der Waals surface area contributed by atoms with Crippen molar-refractivity contribution in [3.05, 3.63) is 63.5 Å². The molecule has 1 aromatic carbocycles. The number of benzene rings is 1. The van der Waals surface area contributed by atoms with Crippen molar-refractivity contribution < 1.29 is 9.53 Å². The molecule has 3 rings (SSSR count). The van der Waals surface area contributed by atoms with Gasteiger partial charge in [0.2, 0.25) is 0 Å². The van der Waals surface area contributed by atoms with Gasteiger partial charge in [0, 0.05) is 11.9 Å². The second-order valence-electron chi connectivity index (χ2n) is 5.62. The molecule has 26 heavy (non-hydrogen) atoms. The highest BCUT2D eigenvalue weighted by Gasteiger charge is 2.15. The first-order chi connectivity index (χ1) is 12.6. The average Bonchev–Trinajstić information content (AvgIpc) is 2.66. The summed E-state index contributed by atoms with van der Waals surface area (Å²) < 4.78 is 4.98. The monoisotopic (exact) mass is 369 g/mol. The molecule has 1 N–H and O–H groups in total. The molecular formula is C19H19N3O3S. The van der Waals surface area contributed by atoms with Crippen LogP contribution >= 0.6 is 11.3 Å². The minimum atomic E-state index is -0.341. The quantitative estimate of drug-likeness (QED) is 0.666. The van der Waals surface area contributed by atoms with E-state index in [9.17, 15) is 9.59 Å². The molecule has 2 aromatic heterocycles.